The molecule has 0 amide bonds. The van der Waals surface area contributed by atoms with Crippen molar-refractivity contribution in [2.45, 2.75) is 31.3 Å². The highest BCUT2D eigenvalue weighted by Crippen LogP contribution is 2.38. The van der Waals surface area contributed by atoms with Gasteiger partial charge in [-0.3, -0.25) is 4.98 Å². The van der Waals surface area contributed by atoms with Gasteiger partial charge in [-0.05, 0) is 31.4 Å². The molecule has 3 nitrogen and oxygen atoms in total. The lowest BCUT2D eigenvalue weighted by molar-refractivity contribution is 0.0385. The largest absolute Gasteiger partial charge is 0.388 e. The average Bonchev–Trinajstić information content (AvgIpc) is 2.61. The average molecular weight is 192 g/mol. The van der Waals surface area contributed by atoms with E-state index in [1.165, 1.54) is 5.56 Å². The van der Waals surface area contributed by atoms with Gasteiger partial charge in [0.25, 0.3) is 0 Å². The van der Waals surface area contributed by atoms with E-state index in [-0.39, 0.29) is 12.5 Å². The molecule has 0 aromatic carbocycles. The van der Waals surface area contributed by atoms with Crippen LogP contribution >= 0.6 is 0 Å². The highest BCUT2D eigenvalue weighted by molar-refractivity contribution is 5.31. The number of nitrogens with zero attached hydrogens (tertiary/aromatic N) is 1. The highest BCUT2D eigenvalue weighted by atomic mass is 16.3. The summed E-state index contributed by atoms with van der Waals surface area (Å²) in [6, 6.07) is 4.02. The van der Waals surface area contributed by atoms with Gasteiger partial charge in [0.05, 0.1) is 5.60 Å². The van der Waals surface area contributed by atoms with Crippen LogP contribution in [0.3, 0.4) is 0 Å². The van der Waals surface area contributed by atoms with Crippen LogP contribution in [0.2, 0.25) is 0 Å². The maximum atomic E-state index is 10.1. The molecule has 0 saturated carbocycles. The molecule has 2 rings (SSSR count). The van der Waals surface area contributed by atoms with Crippen LogP contribution in [0.5, 0.6) is 0 Å². The Labute approximate surface area is 84.0 Å². The van der Waals surface area contributed by atoms with Gasteiger partial charge in [0.1, 0.15) is 0 Å². The van der Waals surface area contributed by atoms with Crippen LogP contribution in [0, 0.1) is 0 Å². The third-order valence-electron chi connectivity index (χ3n) is 3.12. The number of aromatic nitrogens is 1. The smallest absolute Gasteiger partial charge is 0.0824 e. The molecule has 3 heteroatoms. The molecule has 1 aromatic heterocycles. The van der Waals surface area contributed by atoms with Crippen molar-refractivity contribution in [3.8, 4) is 0 Å². The number of rotatable bonds is 2. The Balaban J connectivity index is 2.35. The van der Waals surface area contributed by atoms with Gasteiger partial charge in [-0.15, -0.1) is 0 Å². The molecule has 14 heavy (non-hydrogen) atoms. The summed E-state index contributed by atoms with van der Waals surface area (Å²) in [6.45, 7) is 2.08. The molecule has 0 spiro atoms. The summed E-state index contributed by atoms with van der Waals surface area (Å²) >= 11 is 0. The molecule has 1 heterocycles. The predicted octanol–water partition coefficient (Wildman–Crippen LogP) is 0.821. The lowest BCUT2D eigenvalue weighted by Crippen LogP contribution is -2.40. The Morgan fingerprint density at radius 2 is 2.50 bits per heavy atom. The third kappa shape index (κ3) is 1.42. The van der Waals surface area contributed by atoms with Gasteiger partial charge in [-0.1, -0.05) is 6.07 Å². The molecule has 2 atom stereocenters. The minimum absolute atomic E-state index is 0.101. The van der Waals surface area contributed by atoms with Crippen molar-refractivity contribution in [1.29, 1.82) is 0 Å². The second-order valence-corrected chi connectivity index (χ2v) is 4.20. The summed E-state index contributed by atoms with van der Waals surface area (Å²) < 4.78 is 0. The Hall–Kier alpha value is -0.930. The molecular formula is C11H16N2O. The number of nitrogens with two attached hydrogens (primary N) is 1. The quantitative estimate of drug-likeness (QED) is 0.729. The summed E-state index contributed by atoms with van der Waals surface area (Å²) in [5.41, 5.74) is 7.03. The molecular weight excluding hydrogens is 176 g/mol. The minimum Gasteiger partial charge on any atom is -0.388 e. The van der Waals surface area contributed by atoms with Crippen molar-refractivity contribution in [3.63, 3.8) is 0 Å². The van der Waals surface area contributed by atoms with Crippen molar-refractivity contribution in [1.82, 2.24) is 4.98 Å². The van der Waals surface area contributed by atoms with Crippen LogP contribution in [0.15, 0.2) is 18.3 Å². The van der Waals surface area contributed by atoms with Gasteiger partial charge in [0.15, 0.2) is 0 Å². The molecule has 0 radical (unpaired) electrons. The van der Waals surface area contributed by atoms with Crippen LogP contribution < -0.4 is 5.73 Å². The van der Waals surface area contributed by atoms with Gasteiger partial charge >= 0.3 is 0 Å². The van der Waals surface area contributed by atoms with E-state index in [4.69, 9.17) is 5.73 Å². The lowest BCUT2D eigenvalue weighted by atomic mass is 9.87. The molecule has 1 aliphatic rings. The minimum atomic E-state index is -0.820. The summed E-state index contributed by atoms with van der Waals surface area (Å²) in [4.78, 5) is 4.34. The van der Waals surface area contributed by atoms with E-state index in [0.29, 0.717) is 0 Å². The van der Waals surface area contributed by atoms with E-state index < -0.39 is 5.60 Å². The van der Waals surface area contributed by atoms with E-state index in [1.54, 1.807) is 13.1 Å². The molecule has 0 bridgehead atoms. The van der Waals surface area contributed by atoms with Gasteiger partial charge in [0.2, 0.25) is 0 Å². The van der Waals surface area contributed by atoms with E-state index in [9.17, 15) is 5.11 Å². The Bertz CT molecular complexity index is 336. The van der Waals surface area contributed by atoms with Crippen LogP contribution in [0.25, 0.3) is 0 Å². The second-order valence-electron chi connectivity index (χ2n) is 4.20. The SMILES string of the molecule is CC(O)(CN)C1CCc2cccnc21. The zero-order valence-electron chi connectivity index (χ0n) is 8.40. The number of hydrogen-bond acceptors (Lipinski definition) is 3. The first-order valence-electron chi connectivity index (χ1n) is 5.01. The van der Waals surface area contributed by atoms with Crippen molar-refractivity contribution in [2.75, 3.05) is 6.54 Å². The summed E-state index contributed by atoms with van der Waals surface area (Å²) in [5.74, 6) is 0.101. The number of fused-ring (bicyclic) bond motifs is 1. The first-order chi connectivity index (χ1) is 6.65. The summed E-state index contributed by atoms with van der Waals surface area (Å²) in [5, 5.41) is 10.1. The molecule has 2 unspecified atom stereocenters. The molecule has 0 fully saturated rings. The van der Waals surface area contributed by atoms with Crippen LogP contribution in [-0.2, 0) is 6.42 Å². The van der Waals surface area contributed by atoms with Crippen molar-refractivity contribution < 1.29 is 5.11 Å². The summed E-state index contributed by atoms with van der Waals surface area (Å²) in [6.07, 6.45) is 3.74. The number of aryl methyl sites for hydroxylation is 1. The molecule has 3 N–H and O–H groups in total. The molecule has 76 valence electrons. The topological polar surface area (TPSA) is 59.1 Å². The van der Waals surface area contributed by atoms with Crippen molar-refractivity contribution in [3.05, 3.63) is 29.6 Å². The first kappa shape index (κ1) is 9.62. The lowest BCUT2D eigenvalue weighted by Gasteiger charge is -2.28. The zero-order valence-corrected chi connectivity index (χ0v) is 8.40. The first-order valence-corrected chi connectivity index (χ1v) is 5.01. The fraction of sp³-hybridized carbons (Fsp3) is 0.545. The number of hydrogen-bond donors (Lipinski definition) is 2. The third-order valence-corrected chi connectivity index (χ3v) is 3.12. The molecule has 1 aromatic rings. The maximum Gasteiger partial charge on any atom is 0.0824 e. The van der Waals surface area contributed by atoms with Gasteiger partial charge < -0.3 is 10.8 Å². The Kier molecular flexibility index (Phi) is 2.29. The van der Waals surface area contributed by atoms with Crippen molar-refractivity contribution >= 4 is 0 Å². The van der Waals surface area contributed by atoms with Crippen LogP contribution in [0.1, 0.15) is 30.5 Å². The van der Waals surface area contributed by atoms with Crippen molar-refractivity contribution in [2.24, 2.45) is 5.73 Å². The monoisotopic (exact) mass is 192 g/mol. The van der Waals surface area contributed by atoms with E-state index >= 15 is 0 Å². The maximum absolute atomic E-state index is 10.1. The Morgan fingerprint density at radius 3 is 3.21 bits per heavy atom. The van der Waals surface area contributed by atoms with Gasteiger partial charge in [-0.25, -0.2) is 0 Å². The van der Waals surface area contributed by atoms with Crippen LogP contribution in [0.4, 0.5) is 0 Å². The Morgan fingerprint density at radius 1 is 1.71 bits per heavy atom. The highest BCUT2D eigenvalue weighted by Gasteiger charge is 2.37. The molecule has 0 saturated heterocycles. The fourth-order valence-corrected chi connectivity index (χ4v) is 2.16. The molecule has 1 aliphatic carbocycles. The predicted molar refractivity (Wildman–Crippen MR) is 55.0 cm³/mol. The summed E-state index contributed by atoms with van der Waals surface area (Å²) in [7, 11) is 0. The standard InChI is InChI=1S/C11H16N2O/c1-11(14,7-12)9-5-4-8-3-2-6-13-10(8)9/h2-3,6,9,14H,4-5,7,12H2,1H3. The number of pyridine rings is 1. The van der Waals surface area contributed by atoms with Gasteiger partial charge in [-0.2, -0.15) is 0 Å². The normalized spacial score (nSPS) is 24.4. The second kappa shape index (κ2) is 3.33. The number of aliphatic hydroxyl groups is 1. The van der Waals surface area contributed by atoms with E-state index in [2.05, 4.69) is 11.1 Å². The fourth-order valence-electron chi connectivity index (χ4n) is 2.16. The van der Waals surface area contributed by atoms with E-state index in [1.807, 2.05) is 6.07 Å². The van der Waals surface area contributed by atoms with E-state index in [0.717, 1.165) is 18.5 Å². The zero-order chi connectivity index (χ0) is 10.2. The molecule has 0 aliphatic heterocycles. The van der Waals surface area contributed by atoms with Gasteiger partial charge in [0, 0.05) is 24.4 Å². The van der Waals surface area contributed by atoms with Crippen LogP contribution in [-0.4, -0.2) is 22.2 Å².